The van der Waals surface area contributed by atoms with Gasteiger partial charge in [0, 0.05) is 30.4 Å². The lowest BCUT2D eigenvalue weighted by atomic mass is 10.1. The first-order valence-electron chi connectivity index (χ1n) is 10.5. The third-order valence-electron chi connectivity index (χ3n) is 5.62. The lowest BCUT2D eigenvalue weighted by Gasteiger charge is -2.28. The van der Waals surface area contributed by atoms with Crippen molar-refractivity contribution in [1.29, 1.82) is 0 Å². The number of ether oxygens (including phenoxy) is 1. The van der Waals surface area contributed by atoms with Gasteiger partial charge in [0.25, 0.3) is 0 Å². The van der Waals surface area contributed by atoms with E-state index in [1.54, 1.807) is 0 Å². The van der Waals surface area contributed by atoms with Gasteiger partial charge in [0.15, 0.2) is 0 Å². The molecule has 1 unspecified atom stereocenters. The van der Waals surface area contributed by atoms with Gasteiger partial charge in [0.1, 0.15) is 11.6 Å². The van der Waals surface area contributed by atoms with Crippen molar-refractivity contribution < 1.29 is 19.1 Å². The molecule has 1 saturated carbocycles. The normalized spacial score (nSPS) is 21.1. The second-order valence-corrected chi connectivity index (χ2v) is 9.18. The molecule has 1 aromatic carbocycles. The zero-order valence-corrected chi connectivity index (χ0v) is 17.4. The third kappa shape index (κ3) is 4.23. The zero-order valence-electron chi connectivity index (χ0n) is 17.4. The first-order valence-corrected chi connectivity index (χ1v) is 10.5. The van der Waals surface area contributed by atoms with E-state index in [9.17, 15) is 14.4 Å². The van der Waals surface area contributed by atoms with Crippen LogP contribution in [0.25, 0.3) is 0 Å². The van der Waals surface area contributed by atoms with Crippen LogP contribution in [0.3, 0.4) is 0 Å². The van der Waals surface area contributed by atoms with Crippen LogP contribution in [0.5, 0.6) is 0 Å². The predicted octanol–water partition coefficient (Wildman–Crippen LogP) is 3.32. The summed E-state index contributed by atoms with van der Waals surface area (Å²) in [4.78, 5) is 41.1. The van der Waals surface area contributed by atoms with Crippen LogP contribution in [0.2, 0.25) is 0 Å². The van der Waals surface area contributed by atoms with E-state index in [4.69, 9.17) is 4.74 Å². The molecule has 2 heterocycles. The summed E-state index contributed by atoms with van der Waals surface area (Å²) in [5.41, 5.74) is 2.14. The number of rotatable bonds is 3. The molecule has 7 heteroatoms. The van der Waals surface area contributed by atoms with Crippen molar-refractivity contribution >= 4 is 29.3 Å². The first kappa shape index (κ1) is 19.7. The maximum atomic E-state index is 12.8. The summed E-state index contributed by atoms with van der Waals surface area (Å²) in [5.74, 6) is 0.221. The minimum Gasteiger partial charge on any atom is -0.444 e. The monoisotopic (exact) mass is 399 g/mol. The van der Waals surface area contributed by atoms with E-state index in [1.165, 1.54) is 4.90 Å². The van der Waals surface area contributed by atoms with Gasteiger partial charge in [0.2, 0.25) is 11.8 Å². The van der Waals surface area contributed by atoms with Crippen LogP contribution < -0.4 is 10.2 Å². The highest BCUT2D eigenvalue weighted by atomic mass is 16.6. The topological polar surface area (TPSA) is 79.0 Å². The van der Waals surface area contributed by atoms with Crippen LogP contribution in [0.15, 0.2) is 18.2 Å². The number of amides is 3. The van der Waals surface area contributed by atoms with Crippen LogP contribution in [0.4, 0.5) is 16.2 Å². The van der Waals surface area contributed by atoms with Gasteiger partial charge in [-0.05, 0) is 76.6 Å². The molecule has 1 aliphatic carbocycles. The fraction of sp³-hybridized carbons (Fsp3) is 0.591. The summed E-state index contributed by atoms with van der Waals surface area (Å²) in [6, 6.07) is 5.17. The number of hydrogen-bond acceptors (Lipinski definition) is 4. The Morgan fingerprint density at radius 1 is 1.10 bits per heavy atom. The quantitative estimate of drug-likeness (QED) is 0.846. The smallest absolute Gasteiger partial charge is 0.410 e. The Kier molecular flexibility index (Phi) is 5.00. The van der Waals surface area contributed by atoms with E-state index in [0.29, 0.717) is 25.2 Å². The molecule has 0 spiro atoms. The number of carbonyl (C=O) groups is 3. The summed E-state index contributed by atoms with van der Waals surface area (Å²) in [6.45, 7) is 6.68. The van der Waals surface area contributed by atoms with Gasteiger partial charge in [-0.15, -0.1) is 0 Å². The van der Waals surface area contributed by atoms with Crippen molar-refractivity contribution in [2.75, 3.05) is 23.3 Å². The number of benzene rings is 1. The fourth-order valence-electron chi connectivity index (χ4n) is 4.06. The van der Waals surface area contributed by atoms with Crippen LogP contribution in [-0.4, -0.2) is 47.5 Å². The second kappa shape index (κ2) is 7.35. The molecule has 3 aliphatic rings. The average Bonchev–Trinajstić information content (AvgIpc) is 3.22. The number of likely N-dealkylation sites (tertiary alicyclic amines) is 1. The zero-order chi connectivity index (χ0) is 20.8. The van der Waals surface area contributed by atoms with Gasteiger partial charge < -0.3 is 15.0 Å². The fourth-order valence-corrected chi connectivity index (χ4v) is 4.06. The van der Waals surface area contributed by atoms with E-state index in [1.807, 2.05) is 43.9 Å². The van der Waals surface area contributed by atoms with E-state index >= 15 is 0 Å². The maximum Gasteiger partial charge on any atom is 0.410 e. The lowest BCUT2D eigenvalue weighted by molar-refractivity contribution is -0.120. The number of hydrogen-bond donors (Lipinski definition) is 1. The minimum atomic E-state index is -0.593. The van der Waals surface area contributed by atoms with Crippen molar-refractivity contribution in [2.45, 2.75) is 64.5 Å². The summed E-state index contributed by atoms with van der Waals surface area (Å²) < 4.78 is 5.44. The molecular weight excluding hydrogens is 370 g/mol. The molecule has 2 fully saturated rings. The summed E-state index contributed by atoms with van der Waals surface area (Å²) >= 11 is 0. The van der Waals surface area contributed by atoms with Crippen molar-refractivity contribution in [3.05, 3.63) is 23.8 Å². The Labute approximate surface area is 171 Å². The summed E-state index contributed by atoms with van der Waals surface area (Å²) in [6.07, 6.45) is 3.74. The van der Waals surface area contributed by atoms with Crippen molar-refractivity contribution in [3.8, 4) is 0 Å². The number of carbonyl (C=O) groups excluding carboxylic acids is 3. The molecule has 2 aliphatic heterocycles. The highest BCUT2D eigenvalue weighted by Gasteiger charge is 2.38. The van der Waals surface area contributed by atoms with Crippen LogP contribution in [-0.2, 0) is 20.7 Å². The molecule has 7 nitrogen and oxygen atoms in total. The highest BCUT2D eigenvalue weighted by molar-refractivity contribution is 6.00. The van der Waals surface area contributed by atoms with Crippen molar-refractivity contribution in [1.82, 2.24) is 4.90 Å². The van der Waals surface area contributed by atoms with Crippen LogP contribution in [0.1, 0.15) is 52.0 Å². The molecule has 3 amide bonds. The molecule has 1 aromatic rings. The summed E-state index contributed by atoms with van der Waals surface area (Å²) in [5, 5.41) is 2.95. The molecular formula is C22H29N3O4. The molecule has 1 atom stereocenters. The van der Waals surface area contributed by atoms with Crippen LogP contribution >= 0.6 is 0 Å². The largest absolute Gasteiger partial charge is 0.444 e. The molecule has 1 saturated heterocycles. The van der Waals surface area contributed by atoms with Crippen molar-refractivity contribution in [3.63, 3.8) is 0 Å². The first-order chi connectivity index (χ1) is 13.7. The molecule has 29 heavy (non-hydrogen) atoms. The Morgan fingerprint density at radius 2 is 1.86 bits per heavy atom. The molecule has 1 N–H and O–H groups in total. The number of fused-ring (bicyclic) bond motifs is 1. The van der Waals surface area contributed by atoms with Gasteiger partial charge in [-0.2, -0.15) is 0 Å². The maximum absolute atomic E-state index is 12.8. The molecule has 4 rings (SSSR count). The number of nitrogens with zero attached hydrogens (tertiary/aromatic N) is 2. The third-order valence-corrected chi connectivity index (χ3v) is 5.62. The van der Waals surface area contributed by atoms with E-state index < -0.39 is 17.7 Å². The van der Waals surface area contributed by atoms with Gasteiger partial charge >= 0.3 is 6.09 Å². The molecule has 156 valence electrons. The average molecular weight is 399 g/mol. The number of nitrogens with one attached hydrogen (secondary N) is 1. The van der Waals surface area contributed by atoms with Gasteiger partial charge in [-0.1, -0.05) is 0 Å². The number of anilines is 2. The summed E-state index contributed by atoms with van der Waals surface area (Å²) in [7, 11) is 0. The predicted molar refractivity (Wildman–Crippen MR) is 110 cm³/mol. The SMILES string of the molecule is CC(C)(C)OC(=O)N1CCCC1C(=O)Nc1ccc2c(c1)CCN2C(=O)C1CC1. The Morgan fingerprint density at radius 3 is 2.55 bits per heavy atom. The van der Waals surface area contributed by atoms with E-state index in [-0.39, 0.29) is 17.7 Å². The Bertz CT molecular complexity index is 841. The van der Waals surface area contributed by atoms with E-state index in [2.05, 4.69) is 5.32 Å². The van der Waals surface area contributed by atoms with Gasteiger partial charge in [-0.25, -0.2) is 4.79 Å². The van der Waals surface area contributed by atoms with Gasteiger partial charge in [0.05, 0.1) is 0 Å². The molecule has 0 aromatic heterocycles. The molecule has 0 radical (unpaired) electrons. The second-order valence-electron chi connectivity index (χ2n) is 9.18. The van der Waals surface area contributed by atoms with E-state index in [0.717, 1.165) is 36.9 Å². The lowest BCUT2D eigenvalue weighted by Crippen LogP contribution is -2.45. The highest BCUT2D eigenvalue weighted by Crippen LogP contribution is 2.37. The molecule has 0 bridgehead atoms. The van der Waals surface area contributed by atoms with Crippen LogP contribution in [0, 0.1) is 5.92 Å². The van der Waals surface area contributed by atoms with Crippen molar-refractivity contribution in [2.24, 2.45) is 5.92 Å². The minimum absolute atomic E-state index is 0.196. The Hall–Kier alpha value is -2.57. The Balaban J connectivity index is 1.42. The standard InChI is InChI=1S/C22H29N3O4/c1-22(2,3)29-21(28)25-11-4-5-18(25)19(26)23-16-8-9-17-15(13-16)10-12-24(17)20(27)14-6-7-14/h8-9,13-14,18H,4-7,10-12H2,1-3H3,(H,23,26). The van der Waals surface area contributed by atoms with Gasteiger partial charge in [-0.3, -0.25) is 14.5 Å².